The molecule has 0 aromatic carbocycles. The molecule has 4 aliphatic heterocycles. The lowest BCUT2D eigenvalue weighted by Crippen LogP contribution is -2.59. The summed E-state index contributed by atoms with van der Waals surface area (Å²) in [4.78, 5) is 16.1. The molecule has 0 aliphatic carbocycles. The number of anilines is 1. The molecule has 0 radical (unpaired) electrons. The third kappa shape index (κ3) is 4.77. The van der Waals surface area contributed by atoms with Gasteiger partial charge in [-0.3, -0.25) is 9.80 Å². The number of hydrogen-bond acceptors (Lipinski definition) is 7. The van der Waals surface area contributed by atoms with E-state index in [1.807, 2.05) is 6.07 Å². The number of rotatable bonds is 6. The number of nitrogens with one attached hydrogen (secondary N) is 1. The van der Waals surface area contributed by atoms with Crippen molar-refractivity contribution in [2.45, 2.75) is 18.9 Å². The number of piperidine rings is 3. The van der Waals surface area contributed by atoms with E-state index in [4.69, 9.17) is 0 Å². The second kappa shape index (κ2) is 7.98. The summed E-state index contributed by atoms with van der Waals surface area (Å²) < 4.78 is 25.5. The van der Waals surface area contributed by atoms with Gasteiger partial charge in [0.25, 0.3) is 0 Å². The number of aromatic nitrogens is 2. The van der Waals surface area contributed by atoms with Crippen LogP contribution in [0.3, 0.4) is 0 Å². The molecule has 2 bridgehead atoms. The van der Waals surface area contributed by atoms with E-state index in [1.165, 1.54) is 12.7 Å². The minimum absolute atomic E-state index is 0.363. The first-order chi connectivity index (χ1) is 13.0. The molecule has 1 aromatic rings. The molecular weight excluding hydrogens is 364 g/mol. The smallest absolute Gasteiger partial charge is 0.225 e. The second-order valence-corrected chi connectivity index (χ2v) is 9.98. The number of fused-ring (bicyclic) bond motifs is 3. The van der Waals surface area contributed by atoms with Crippen LogP contribution in [0.15, 0.2) is 18.5 Å². The summed E-state index contributed by atoms with van der Waals surface area (Å²) in [6.45, 7) is 7.98. The van der Waals surface area contributed by atoms with Crippen LogP contribution in [0.25, 0.3) is 0 Å². The quantitative estimate of drug-likeness (QED) is 0.719. The summed E-state index contributed by atoms with van der Waals surface area (Å²) in [6.07, 6.45) is 7.21. The predicted octanol–water partition coefficient (Wildman–Crippen LogP) is -0.142. The molecule has 0 amide bonds. The summed E-state index contributed by atoms with van der Waals surface area (Å²) in [6, 6.07) is 2.22. The van der Waals surface area contributed by atoms with Crippen molar-refractivity contribution in [1.29, 1.82) is 0 Å². The molecule has 0 saturated carbocycles. The maximum atomic E-state index is 11.4. The van der Waals surface area contributed by atoms with Gasteiger partial charge in [0.05, 0.1) is 6.26 Å². The van der Waals surface area contributed by atoms with Crippen LogP contribution in [0.5, 0.6) is 0 Å². The minimum atomic E-state index is -3.10. The average Bonchev–Trinajstić information content (AvgIpc) is 2.68. The van der Waals surface area contributed by atoms with Gasteiger partial charge in [0.1, 0.15) is 0 Å². The fourth-order valence-corrected chi connectivity index (χ4v) is 5.33. The molecule has 4 atom stereocenters. The number of sulfonamides is 1. The Morgan fingerprint density at radius 3 is 2.52 bits per heavy atom. The van der Waals surface area contributed by atoms with Crippen LogP contribution >= 0.6 is 0 Å². The Kier molecular flexibility index (Phi) is 5.63. The molecule has 4 aliphatic rings. The van der Waals surface area contributed by atoms with Crippen molar-refractivity contribution in [3.8, 4) is 0 Å². The zero-order chi connectivity index (χ0) is 18.9. The Labute approximate surface area is 162 Å². The van der Waals surface area contributed by atoms with Gasteiger partial charge in [0.15, 0.2) is 0 Å². The largest absolute Gasteiger partial charge is 0.338 e. The van der Waals surface area contributed by atoms with Crippen LogP contribution in [0, 0.1) is 11.8 Å². The fourth-order valence-electron chi connectivity index (χ4n) is 4.83. The Morgan fingerprint density at radius 2 is 1.89 bits per heavy atom. The van der Waals surface area contributed by atoms with Gasteiger partial charge in [-0.25, -0.2) is 23.1 Å². The summed E-state index contributed by atoms with van der Waals surface area (Å²) in [5.41, 5.74) is 0. The Balaban J connectivity index is 1.26. The molecule has 27 heavy (non-hydrogen) atoms. The van der Waals surface area contributed by atoms with Crippen molar-refractivity contribution in [1.82, 2.24) is 24.5 Å². The zero-order valence-corrected chi connectivity index (χ0v) is 16.8. The number of piperazine rings is 1. The molecule has 150 valence electrons. The third-order valence-electron chi connectivity index (χ3n) is 6.30. The lowest BCUT2D eigenvalue weighted by Gasteiger charge is -2.51. The Hall–Kier alpha value is -1.29. The second-order valence-electron chi connectivity index (χ2n) is 8.15. The standard InChI is InChI=1S/C18H30N6O2S/c1-27(25,26)21-12-17-11-15-3-6-24(17)14-16(15)13-22-7-9-23(10-8-22)18-19-4-2-5-20-18/h2,4-5,15-17,21H,3,6-14H2,1H3. The van der Waals surface area contributed by atoms with Gasteiger partial charge in [-0.05, 0) is 37.3 Å². The van der Waals surface area contributed by atoms with E-state index < -0.39 is 10.0 Å². The van der Waals surface area contributed by atoms with Crippen molar-refractivity contribution in [3.63, 3.8) is 0 Å². The molecule has 4 fully saturated rings. The van der Waals surface area contributed by atoms with Gasteiger partial charge in [0.2, 0.25) is 16.0 Å². The number of hydrogen-bond donors (Lipinski definition) is 1. The lowest BCUT2D eigenvalue weighted by molar-refractivity contribution is -0.0108. The van der Waals surface area contributed by atoms with Gasteiger partial charge in [-0.2, -0.15) is 0 Å². The van der Waals surface area contributed by atoms with E-state index in [1.54, 1.807) is 12.4 Å². The molecule has 1 aromatic heterocycles. The molecule has 9 heteroatoms. The molecule has 1 N–H and O–H groups in total. The maximum absolute atomic E-state index is 11.4. The molecule has 0 spiro atoms. The molecular formula is C18H30N6O2S. The van der Waals surface area contributed by atoms with E-state index in [-0.39, 0.29) is 0 Å². The molecule has 8 nitrogen and oxygen atoms in total. The first kappa shape index (κ1) is 19.0. The van der Waals surface area contributed by atoms with Crippen LogP contribution in [0.2, 0.25) is 0 Å². The Bertz CT molecular complexity index is 723. The minimum Gasteiger partial charge on any atom is -0.338 e. The van der Waals surface area contributed by atoms with Gasteiger partial charge in [0, 0.05) is 64.2 Å². The van der Waals surface area contributed by atoms with E-state index in [0.29, 0.717) is 18.5 Å². The normalized spacial score (nSPS) is 32.0. The maximum Gasteiger partial charge on any atom is 0.225 e. The highest BCUT2D eigenvalue weighted by molar-refractivity contribution is 7.88. The van der Waals surface area contributed by atoms with Crippen molar-refractivity contribution in [2.24, 2.45) is 11.8 Å². The lowest BCUT2D eigenvalue weighted by atomic mass is 9.75. The fraction of sp³-hybridized carbons (Fsp3) is 0.778. The summed E-state index contributed by atoms with van der Waals surface area (Å²) in [5, 5.41) is 0. The van der Waals surface area contributed by atoms with E-state index in [0.717, 1.165) is 64.1 Å². The average molecular weight is 395 g/mol. The van der Waals surface area contributed by atoms with Gasteiger partial charge in [-0.15, -0.1) is 0 Å². The highest BCUT2D eigenvalue weighted by atomic mass is 32.2. The summed E-state index contributed by atoms with van der Waals surface area (Å²) in [7, 11) is -3.10. The highest BCUT2D eigenvalue weighted by Gasteiger charge is 2.40. The summed E-state index contributed by atoms with van der Waals surface area (Å²) >= 11 is 0. The molecule has 4 saturated heterocycles. The predicted molar refractivity (Wildman–Crippen MR) is 105 cm³/mol. The molecule has 5 rings (SSSR count). The van der Waals surface area contributed by atoms with E-state index in [9.17, 15) is 8.42 Å². The van der Waals surface area contributed by atoms with Gasteiger partial charge >= 0.3 is 0 Å². The van der Waals surface area contributed by atoms with Crippen LogP contribution in [0.4, 0.5) is 5.95 Å². The van der Waals surface area contributed by atoms with Gasteiger partial charge in [-0.1, -0.05) is 0 Å². The number of nitrogens with zero attached hydrogens (tertiary/aromatic N) is 5. The van der Waals surface area contributed by atoms with Crippen LogP contribution in [0.1, 0.15) is 12.8 Å². The molecule has 4 unspecified atom stereocenters. The van der Waals surface area contributed by atoms with Crippen molar-refractivity contribution in [2.75, 3.05) is 63.5 Å². The van der Waals surface area contributed by atoms with Crippen LogP contribution < -0.4 is 9.62 Å². The third-order valence-corrected chi connectivity index (χ3v) is 6.99. The zero-order valence-electron chi connectivity index (χ0n) is 16.0. The molecule has 5 heterocycles. The van der Waals surface area contributed by atoms with Gasteiger partial charge < -0.3 is 4.90 Å². The van der Waals surface area contributed by atoms with Crippen molar-refractivity contribution >= 4 is 16.0 Å². The highest BCUT2D eigenvalue weighted by Crippen LogP contribution is 2.36. The first-order valence-corrected chi connectivity index (χ1v) is 11.8. The first-order valence-electron chi connectivity index (χ1n) is 9.91. The van der Waals surface area contributed by atoms with Crippen LogP contribution in [-0.4, -0.2) is 92.8 Å². The van der Waals surface area contributed by atoms with Crippen molar-refractivity contribution in [3.05, 3.63) is 18.5 Å². The Morgan fingerprint density at radius 1 is 1.15 bits per heavy atom. The SMILES string of the molecule is CS(=O)(=O)NCC1CC2CCN1CC2CN1CCN(c2ncccn2)CC1. The van der Waals surface area contributed by atoms with E-state index >= 15 is 0 Å². The van der Waals surface area contributed by atoms with Crippen LogP contribution in [-0.2, 0) is 10.0 Å². The monoisotopic (exact) mass is 394 g/mol. The summed E-state index contributed by atoms with van der Waals surface area (Å²) in [5.74, 6) is 2.26. The van der Waals surface area contributed by atoms with E-state index in [2.05, 4.69) is 29.4 Å². The van der Waals surface area contributed by atoms with Crippen molar-refractivity contribution < 1.29 is 8.42 Å². The topological polar surface area (TPSA) is 81.7 Å².